The average molecular weight is 188 g/mol. The van der Waals surface area contributed by atoms with Gasteiger partial charge in [0.2, 0.25) is 0 Å². The lowest BCUT2D eigenvalue weighted by Crippen LogP contribution is -2.04. The second-order valence-corrected chi connectivity index (χ2v) is 3.28. The molecule has 2 nitrogen and oxygen atoms in total. The predicted molar refractivity (Wildman–Crippen MR) is 55.6 cm³/mol. The van der Waals surface area contributed by atoms with Crippen molar-refractivity contribution in [3.63, 3.8) is 0 Å². The molecule has 2 heteroatoms. The minimum atomic E-state index is 0.0435. The highest BCUT2D eigenvalue weighted by Gasteiger charge is 2.09. The second kappa shape index (κ2) is 4.78. The van der Waals surface area contributed by atoms with Crippen LogP contribution in [0.15, 0.2) is 18.2 Å². The molecular formula is C12H14NO. The molecule has 1 rings (SSSR count). The molecule has 1 radical (unpaired) electrons. The molecule has 0 amide bonds. The van der Waals surface area contributed by atoms with Crippen LogP contribution in [0.4, 0.5) is 0 Å². The molecule has 0 heterocycles. The van der Waals surface area contributed by atoms with Crippen LogP contribution in [0.1, 0.15) is 30.5 Å². The number of benzene rings is 1. The van der Waals surface area contributed by atoms with E-state index in [-0.39, 0.29) is 6.61 Å². The van der Waals surface area contributed by atoms with E-state index in [1.165, 1.54) is 5.56 Å². The van der Waals surface area contributed by atoms with Crippen molar-refractivity contribution in [1.82, 2.24) is 0 Å². The first kappa shape index (κ1) is 10.7. The van der Waals surface area contributed by atoms with E-state index in [0.717, 1.165) is 17.9 Å². The third kappa shape index (κ3) is 2.12. The van der Waals surface area contributed by atoms with Crippen LogP contribution in [0.5, 0.6) is 0 Å². The lowest BCUT2D eigenvalue weighted by molar-refractivity contribution is 0.314. The molecule has 0 spiro atoms. The van der Waals surface area contributed by atoms with Crippen molar-refractivity contribution in [3.05, 3.63) is 40.8 Å². The molecule has 0 saturated carbocycles. The molecular weight excluding hydrogens is 174 g/mol. The Morgan fingerprint density at radius 1 is 1.50 bits per heavy atom. The maximum absolute atomic E-state index is 9.05. The molecule has 0 aliphatic heterocycles. The van der Waals surface area contributed by atoms with Gasteiger partial charge in [0.1, 0.15) is 0 Å². The van der Waals surface area contributed by atoms with Crippen molar-refractivity contribution in [1.29, 1.82) is 5.26 Å². The summed E-state index contributed by atoms with van der Waals surface area (Å²) in [5, 5.41) is 17.8. The van der Waals surface area contributed by atoms with Crippen LogP contribution >= 0.6 is 0 Å². The van der Waals surface area contributed by atoms with Gasteiger partial charge in [0.05, 0.1) is 18.2 Å². The van der Waals surface area contributed by atoms with Gasteiger partial charge in [-0.2, -0.15) is 5.26 Å². The van der Waals surface area contributed by atoms with Gasteiger partial charge in [-0.15, -0.1) is 0 Å². The summed E-state index contributed by atoms with van der Waals surface area (Å²) in [7, 11) is 0. The van der Waals surface area contributed by atoms with E-state index in [2.05, 4.69) is 13.0 Å². The lowest BCUT2D eigenvalue weighted by Gasteiger charge is -2.12. The van der Waals surface area contributed by atoms with Gasteiger partial charge >= 0.3 is 0 Å². The molecule has 0 aliphatic carbocycles. The van der Waals surface area contributed by atoms with Crippen molar-refractivity contribution in [2.75, 3.05) is 6.61 Å². The standard InChI is InChI=1S/C12H14NO/c1-3-11-5-4-10(7-13)6-12(11)9(2)8-14/h4-6,14H,3,8H2,1-2H3. The second-order valence-electron chi connectivity index (χ2n) is 3.28. The van der Waals surface area contributed by atoms with Crippen molar-refractivity contribution < 1.29 is 5.11 Å². The highest BCUT2D eigenvalue weighted by atomic mass is 16.3. The summed E-state index contributed by atoms with van der Waals surface area (Å²) in [5.41, 5.74) is 2.83. The maximum Gasteiger partial charge on any atom is 0.0991 e. The van der Waals surface area contributed by atoms with Gasteiger partial charge in [0.25, 0.3) is 0 Å². The van der Waals surface area contributed by atoms with Crippen LogP contribution < -0.4 is 0 Å². The molecule has 14 heavy (non-hydrogen) atoms. The highest BCUT2D eigenvalue weighted by molar-refractivity contribution is 5.44. The number of aliphatic hydroxyl groups is 1. The summed E-state index contributed by atoms with van der Waals surface area (Å²) < 4.78 is 0. The molecule has 0 bridgehead atoms. The topological polar surface area (TPSA) is 44.0 Å². The maximum atomic E-state index is 9.05. The van der Waals surface area contributed by atoms with Gasteiger partial charge in [-0.3, -0.25) is 0 Å². The first-order valence-corrected chi connectivity index (χ1v) is 4.69. The van der Waals surface area contributed by atoms with Crippen LogP contribution in [0, 0.1) is 17.2 Å². The number of nitrogens with zero attached hydrogens (tertiary/aromatic N) is 1. The molecule has 1 aromatic rings. The normalized spacial score (nSPS) is 10.2. The zero-order valence-corrected chi connectivity index (χ0v) is 8.54. The first-order chi connectivity index (χ1) is 6.72. The molecule has 0 aliphatic rings. The Morgan fingerprint density at radius 3 is 2.71 bits per heavy atom. The van der Waals surface area contributed by atoms with E-state index in [1.807, 2.05) is 25.1 Å². The number of aliphatic hydroxyl groups excluding tert-OH is 1. The van der Waals surface area contributed by atoms with Crippen molar-refractivity contribution in [3.8, 4) is 6.07 Å². The number of hydrogen-bond donors (Lipinski definition) is 1. The van der Waals surface area contributed by atoms with Gasteiger partial charge in [0.15, 0.2) is 0 Å². The van der Waals surface area contributed by atoms with Crippen LogP contribution in [0.3, 0.4) is 0 Å². The van der Waals surface area contributed by atoms with Crippen LogP contribution in [-0.2, 0) is 6.42 Å². The minimum absolute atomic E-state index is 0.0435. The van der Waals surface area contributed by atoms with Crippen molar-refractivity contribution >= 4 is 0 Å². The summed E-state index contributed by atoms with van der Waals surface area (Å²) in [6.45, 7) is 3.99. The number of rotatable bonds is 3. The molecule has 1 N–H and O–H groups in total. The van der Waals surface area contributed by atoms with E-state index in [4.69, 9.17) is 10.4 Å². The van der Waals surface area contributed by atoms with Gasteiger partial charge in [-0.05, 0) is 29.7 Å². The van der Waals surface area contributed by atoms with Gasteiger partial charge in [0, 0.05) is 5.92 Å². The zero-order chi connectivity index (χ0) is 10.6. The molecule has 1 aromatic carbocycles. The summed E-state index contributed by atoms with van der Waals surface area (Å²) in [6, 6.07) is 7.70. The van der Waals surface area contributed by atoms with E-state index in [0.29, 0.717) is 5.56 Å². The summed E-state index contributed by atoms with van der Waals surface area (Å²) >= 11 is 0. The molecule has 0 aromatic heterocycles. The molecule has 0 fully saturated rings. The quantitative estimate of drug-likeness (QED) is 0.789. The zero-order valence-electron chi connectivity index (χ0n) is 8.54. The molecule has 0 atom stereocenters. The monoisotopic (exact) mass is 188 g/mol. The Morgan fingerprint density at radius 2 is 2.21 bits per heavy atom. The third-order valence-corrected chi connectivity index (χ3v) is 2.32. The number of nitriles is 1. The van der Waals surface area contributed by atoms with Crippen LogP contribution in [-0.4, -0.2) is 11.7 Å². The van der Waals surface area contributed by atoms with Gasteiger partial charge < -0.3 is 5.11 Å². The summed E-state index contributed by atoms with van der Waals surface area (Å²) in [6.07, 6.45) is 0.915. The van der Waals surface area contributed by atoms with Crippen molar-refractivity contribution in [2.45, 2.75) is 20.3 Å². The SMILES string of the molecule is CCc1ccc(C#N)cc1[C](C)CO. The Labute approximate surface area is 84.8 Å². The van der Waals surface area contributed by atoms with E-state index in [9.17, 15) is 0 Å². The Balaban J connectivity index is 3.16. The molecule has 73 valence electrons. The fourth-order valence-electron chi connectivity index (χ4n) is 1.44. The van der Waals surface area contributed by atoms with E-state index < -0.39 is 0 Å². The Bertz CT molecular complexity index is 352. The van der Waals surface area contributed by atoms with Crippen LogP contribution in [0.25, 0.3) is 0 Å². The summed E-state index contributed by atoms with van der Waals surface area (Å²) in [4.78, 5) is 0. The van der Waals surface area contributed by atoms with Crippen molar-refractivity contribution in [2.24, 2.45) is 0 Å². The highest BCUT2D eigenvalue weighted by Crippen LogP contribution is 2.20. The Hall–Kier alpha value is -1.33. The Kier molecular flexibility index (Phi) is 3.67. The number of aryl methyl sites for hydroxylation is 1. The van der Waals surface area contributed by atoms with E-state index >= 15 is 0 Å². The summed E-state index contributed by atoms with van der Waals surface area (Å²) in [5.74, 6) is 0.916. The van der Waals surface area contributed by atoms with Crippen LogP contribution in [0.2, 0.25) is 0 Å². The number of hydrogen-bond acceptors (Lipinski definition) is 2. The van der Waals surface area contributed by atoms with Gasteiger partial charge in [-0.1, -0.05) is 19.9 Å². The fourth-order valence-corrected chi connectivity index (χ4v) is 1.44. The lowest BCUT2D eigenvalue weighted by atomic mass is 9.93. The largest absolute Gasteiger partial charge is 0.395 e. The smallest absolute Gasteiger partial charge is 0.0991 e. The average Bonchev–Trinajstić information content (AvgIpc) is 2.27. The molecule has 0 unspecified atom stereocenters. The third-order valence-electron chi connectivity index (χ3n) is 2.32. The fraction of sp³-hybridized carbons (Fsp3) is 0.333. The predicted octanol–water partition coefficient (Wildman–Crippen LogP) is 2.06. The van der Waals surface area contributed by atoms with Gasteiger partial charge in [-0.25, -0.2) is 0 Å². The minimum Gasteiger partial charge on any atom is -0.395 e. The first-order valence-electron chi connectivity index (χ1n) is 4.69. The molecule has 0 saturated heterocycles. The van der Waals surface area contributed by atoms with E-state index in [1.54, 1.807) is 0 Å².